The first kappa shape index (κ1) is 19.2. The highest BCUT2D eigenvalue weighted by molar-refractivity contribution is 5.83. The van der Waals surface area contributed by atoms with E-state index in [2.05, 4.69) is 24.1 Å². The lowest BCUT2D eigenvalue weighted by molar-refractivity contribution is 0.415. The third-order valence-electron chi connectivity index (χ3n) is 5.43. The Morgan fingerprint density at radius 2 is 2.07 bits per heavy atom. The number of benzene rings is 1. The Hall–Kier alpha value is -3.12. The molecule has 1 N–H and O–H groups in total. The maximum absolute atomic E-state index is 12.8. The molecule has 0 saturated heterocycles. The Balaban J connectivity index is 1.52. The van der Waals surface area contributed by atoms with E-state index in [0.717, 1.165) is 39.3 Å². The van der Waals surface area contributed by atoms with Gasteiger partial charge in [-0.05, 0) is 57.5 Å². The molecule has 1 atom stereocenters. The van der Waals surface area contributed by atoms with E-state index in [1.165, 1.54) is 0 Å². The number of furan rings is 1. The van der Waals surface area contributed by atoms with Crippen LogP contribution >= 0.6 is 0 Å². The number of aromatic nitrogens is 2. The van der Waals surface area contributed by atoms with Crippen molar-refractivity contribution in [2.45, 2.75) is 33.2 Å². The number of nitrogens with one attached hydrogen (secondary N) is 1. The third kappa shape index (κ3) is 3.51. The molecule has 0 aliphatic rings. The molecule has 0 saturated carbocycles. The van der Waals surface area contributed by atoms with Gasteiger partial charge in [-0.25, -0.2) is 4.98 Å². The van der Waals surface area contributed by atoms with E-state index in [1.807, 2.05) is 43.3 Å². The van der Waals surface area contributed by atoms with Crippen LogP contribution in [0.4, 0.5) is 0 Å². The second-order valence-corrected chi connectivity index (χ2v) is 7.29. The van der Waals surface area contributed by atoms with Crippen LogP contribution in [0.1, 0.15) is 35.5 Å². The van der Waals surface area contributed by atoms with Crippen molar-refractivity contribution in [3.63, 3.8) is 0 Å². The van der Waals surface area contributed by atoms with Crippen LogP contribution in [-0.2, 0) is 6.42 Å². The number of nitrogens with zero attached hydrogens (tertiary/aromatic N) is 2. The van der Waals surface area contributed by atoms with Crippen molar-refractivity contribution in [2.24, 2.45) is 0 Å². The molecule has 4 aromatic rings. The second kappa shape index (κ2) is 7.72. The molecule has 3 aromatic heterocycles. The van der Waals surface area contributed by atoms with Crippen LogP contribution in [0.25, 0.3) is 16.6 Å². The summed E-state index contributed by atoms with van der Waals surface area (Å²) in [6.45, 7) is 6.67. The van der Waals surface area contributed by atoms with Gasteiger partial charge < -0.3 is 14.5 Å². The summed E-state index contributed by atoms with van der Waals surface area (Å²) in [4.78, 5) is 17.3. The van der Waals surface area contributed by atoms with Gasteiger partial charge in [0.15, 0.2) is 0 Å². The lowest BCUT2D eigenvalue weighted by Crippen LogP contribution is -2.27. The van der Waals surface area contributed by atoms with Gasteiger partial charge in [0.2, 0.25) is 0 Å². The first-order chi connectivity index (χ1) is 14.0. The molecular formula is C23H25N3O3. The quantitative estimate of drug-likeness (QED) is 0.539. The molecule has 0 spiro atoms. The molecule has 3 heterocycles. The number of methoxy groups -OCH3 is 1. The van der Waals surface area contributed by atoms with Crippen LogP contribution in [0, 0.1) is 13.8 Å². The SMILES string of the molecule is COc1ccc2oc(C(C)NCCc3c(C)nc4ccccn4c3=O)c(C)c2c1. The van der Waals surface area contributed by atoms with Gasteiger partial charge in [-0.1, -0.05) is 6.07 Å². The highest BCUT2D eigenvalue weighted by atomic mass is 16.5. The zero-order valence-electron chi connectivity index (χ0n) is 17.2. The van der Waals surface area contributed by atoms with Crippen molar-refractivity contribution in [1.82, 2.24) is 14.7 Å². The van der Waals surface area contributed by atoms with Gasteiger partial charge >= 0.3 is 0 Å². The number of pyridine rings is 1. The van der Waals surface area contributed by atoms with E-state index in [1.54, 1.807) is 17.7 Å². The molecule has 6 heteroatoms. The van der Waals surface area contributed by atoms with Crippen molar-refractivity contribution in [3.05, 3.63) is 75.5 Å². The van der Waals surface area contributed by atoms with Gasteiger partial charge in [0.05, 0.1) is 13.2 Å². The standard InChI is InChI=1S/C23H25N3O3/c1-14-19-13-17(28-4)8-9-20(19)29-22(14)16(3)24-11-10-18-15(2)25-21-7-5-6-12-26(21)23(18)27/h5-9,12-13,16,24H,10-11H2,1-4H3. The van der Waals surface area contributed by atoms with Gasteiger partial charge in [-0.3, -0.25) is 9.20 Å². The van der Waals surface area contributed by atoms with Crippen molar-refractivity contribution < 1.29 is 9.15 Å². The molecule has 0 bridgehead atoms. The predicted molar refractivity (Wildman–Crippen MR) is 114 cm³/mol. The molecule has 1 unspecified atom stereocenters. The normalized spacial score (nSPS) is 12.6. The van der Waals surface area contributed by atoms with Crippen LogP contribution in [0.2, 0.25) is 0 Å². The summed E-state index contributed by atoms with van der Waals surface area (Å²) in [5, 5.41) is 4.54. The van der Waals surface area contributed by atoms with E-state index < -0.39 is 0 Å². The van der Waals surface area contributed by atoms with Crippen LogP contribution < -0.4 is 15.6 Å². The number of rotatable bonds is 6. The van der Waals surface area contributed by atoms with Crippen molar-refractivity contribution in [1.29, 1.82) is 0 Å². The number of hydrogen-bond donors (Lipinski definition) is 1. The number of aryl methyl sites for hydroxylation is 2. The van der Waals surface area contributed by atoms with Gasteiger partial charge in [0, 0.05) is 34.9 Å². The minimum atomic E-state index is -0.00503. The van der Waals surface area contributed by atoms with Gasteiger partial charge in [0.25, 0.3) is 5.56 Å². The average molecular weight is 391 g/mol. The maximum Gasteiger partial charge on any atom is 0.261 e. The summed E-state index contributed by atoms with van der Waals surface area (Å²) in [6, 6.07) is 11.4. The van der Waals surface area contributed by atoms with E-state index in [9.17, 15) is 4.79 Å². The summed E-state index contributed by atoms with van der Waals surface area (Å²) >= 11 is 0. The number of fused-ring (bicyclic) bond motifs is 2. The maximum atomic E-state index is 12.8. The number of hydrogen-bond acceptors (Lipinski definition) is 5. The zero-order chi connectivity index (χ0) is 20.5. The summed E-state index contributed by atoms with van der Waals surface area (Å²) in [5.41, 5.74) is 4.13. The van der Waals surface area contributed by atoms with Gasteiger partial charge in [0.1, 0.15) is 22.7 Å². The molecule has 0 radical (unpaired) electrons. The first-order valence-electron chi connectivity index (χ1n) is 9.77. The molecule has 150 valence electrons. The highest BCUT2D eigenvalue weighted by Gasteiger charge is 2.17. The van der Waals surface area contributed by atoms with Crippen molar-refractivity contribution in [2.75, 3.05) is 13.7 Å². The minimum absolute atomic E-state index is 0.00503. The molecule has 6 nitrogen and oxygen atoms in total. The molecule has 0 amide bonds. The van der Waals surface area contributed by atoms with E-state index in [-0.39, 0.29) is 11.6 Å². The highest BCUT2D eigenvalue weighted by Crippen LogP contribution is 2.31. The fourth-order valence-corrected chi connectivity index (χ4v) is 3.79. The Labute approximate surface area is 169 Å². The molecule has 29 heavy (non-hydrogen) atoms. The molecule has 0 fully saturated rings. The first-order valence-corrected chi connectivity index (χ1v) is 9.77. The van der Waals surface area contributed by atoms with E-state index in [0.29, 0.717) is 18.6 Å². The average Bonchev–Trinajstić information content (AvgIpc) is 3.06. The second-order valence-electron chi connectivity index (χ2n) is 7.29. The Morgan fingerprint density at radius 3 is 2.86 bits per heavy atom. The fraction of sp³-hybridized carbons (Fsp3) is 0.304. The Bertz CT molecular complexity index is 1240. The lowest BCUT2D eigenvalue weighted by Gasteiger charge is -2.13. The minimum Gasteiger partial charge on any atom is -0.497 e. The van der Waals surface area contributed by atoms with Crippen LogP contribution in [0.3, 0.4) is 0 Å². The third-order valence-corrected chi connectivity index (χ3v) is 5.43. The Kier molecular flexibility index (Phi) is 5.11. The Morgan fingerprint density at radius 1 is 1.24 bits per heavy atom. The number of ether oxygens (including phenoxy) is 1. The molecule has 0 aliphatic carbocycles. The monoisotopic (exact) mass is 391 g/mol. The van der Waals surface area contributed by atoms with Crippen molar-refractivity contribution >= 4 is 16.6 Å². The van der Waals surface area contributed by atoms with Crippen LogP contribution in [-0.4, -0.2) is 23.0 Å². The molecule has 4 rings (SSSR count). The lowest BCUT2D eigenvalue weighted by atomic mass is 10.1. The van der Waals surface area contributed by atoms with E-state index >= 15 is 0 Å². The topological polar surface area (TPSA) is 68.8 Å². The smallest absolute Gasteiger partial charge is 0.261 e. The molecule has 0 aliphatic heterocycles. The predicted octanol–water partition coefficient (Wildman–Crippen LogP) is 3.96. The largest absolute Gasteiger partial charge is 0.497 e. The van der Waals surface area contributed by atoms with Crippen LogP contribution in [0.5, 0.6) is 5.75 Å². The zero-order valence-corrected chi connectivity index (χ0v) is 17.2. The summed E-state index contributed by atoms with van der Waals surface area (Å²) in [5.74, 6) is 1.71. The van der Waals surface area contributed by atoms with Crippen LogP contribution in [0.15, 0.2) is 51.8 Å². The molecular weight excluding hydrogens is 366 g/mol. The van der Waals surface area contributed by atoms with Gasteiger partial charge in [-0.15, -0.1) is 0 Å². The molecule has 1 aromatic carbocycles. The fourth-order valence-electron chi connectivity index (χ4n) is 3.79. The van der Waals surface area contributed by atoms with Gasteiger partial charge in [-0.2, -0.15) is 0 Å². The summed E-state index contributed by atoms with van der Waals surface area (Å²) in [7, 11) is 1.66. The van der Waals surface area contributed by atoms with E-state index in [4.69, 9.17) is 9.15 Å². The van der Waals surface area contributed by atoms with Crippen molar-refractivity contribution in [3.8, 4) is 5.75 Å². The summed E-state index contributed by atoms with van der Waals surface area (Å²) in [6.07, 6.45) is 2.36. The summed E-state index contributed by atoms with van der Waals surface area (Å²) < 4.78 is 13.0.